The summed E-state index contributed by atoms with van der Waals surface area (Å²) in [7, 11) is 1.56. The molecule has 1 heterocycles. The van der Waals surface area contributed by atoms with Crippen molar-refractivity contribution in [2.45, 2.75) is 64.9 Å². The maximum absolute atomic E-state index is 12.5. The first-order valence-electron chi connectivity index (χ1n) is 9.70. The van der Waals surface area contributed by atoms with Crippen LogP contribution in [0.1, 0.15) is 58.8 Å². The molecule has 1 saturated heterocycles. The third-order valence-electron chi connectivity index (χ3n) is 8.09. The zero-order valence-electron chi connectivity index (χ0n) is 15.5. The number of nitrogens with zero attached hydrogens (tertiary/aromatic N) is 1. The lowest BCUT2D eigenvalue weighted by Crippen LogP contribution is -2.51. The topological polar surface area (TPSA) is 65.0 Å². The lowest BCUT2D eigenvalue weighted by molar-refractivity contribution is -0.147. The van der Waals surface area contributed by atoms with Crippen LogP contribution in [-0.4, -0.2) is 31.2 Å². The summed E-state index contributed by atoms with van der Waals surface area (Å²) in [6.07, 6.45) is 8.42. The van der Waals surface area contributed by atoms with E-state index in [1.807, 2.05) is 6.21 Å². The number of ketones is 1. The summed E-state index contributed by atoms with van der Waals surface area (Å²) in [4.78, 5) is 30.0. The molecule has 7 atom stereocenters. The normalized spacial score (nSPS) is 49.3. The van der Waals surface area contributed by atoms with Gasteiger partial charge in [-0.3, -0.25) is 9.59 Å². The van der Waals surface area contributed by atoms with Crippen LogP contribution in [0, 0.1) is 34.5 Å². The third kappa shape index (κ3) is 2.37. The maximum Gasteiger partial charge on any atom is 0.309 e. The summed E-state index contributed by atoms with van der Waals surface area (Å²) < 4.78 is 5.56. The Balaban J connectivity index is 1.69. The van der Waals surface area contributed by atoms with Crippen LogP contribution < -0.4 is 0 Å². The first kappa shape index (κ1) is 17.0. The summed E-state index contributed by atoms with van der Waals surface area (Å²) in [5, 5.41) is 4.12. The molecule has 3 saturated carbocycles. The zero-order valence-corrected chi connectivity index (χ0v) is 15.5. The smallest absolute Gasteiger partial charge is 0.309 e. The molecule has 5 heteroatoms. The molecule has 5 nitrogen and oxygen atoms in total. The van der Waals surface area contributed by atoms with Gasteiger partial charge in [0.25, 0.3) is 0 Å². The monoisotopic (exact) mass is 347 g/mol. The number of ether oxygens (including phenoxy) is 1. The number of esters is 1. The van der Waals surface area contributed by atoms with E-state index in [0.717, 1.165) is 38.5 Å². The molecule has 0 spiro atoms. The molecule has 138 valence electrons. The van der Waals surface area contributed by atoms with Crippen molar-refractivity contribution in [2.24, 2.45) is 39.7 Å². The minimum atomic E-state index is -0.231. The van der Waals surface area contributed by atoms with Gasteiger partial charge in [0.2, 0.25) is 0 Å². The fourth-order valence-corrected chi connectivity index (χ4v) is 6.53. The molecule has 0 N–H and O–H groups in total. The van der Waals surface area contributed by atoms with Gasteiger partial charge in [-0.1, -0.05) is 19.0 Å². The number of fused-ring (bicyclic) bond motifs is 3. The van der Waals surface area contributed by atoms with E-state index >= 15 is 0 Å². The van der Waals surface area contributed by atoms with Crippen molar-refractivity contribution in [3.05, 3.63) is 0 Å². The predicted octanol–water partition coefficient (Wildman–Crippen LogP) is 3.36. The van der Waals surface area contributed by atoms with E-state index in [2.05, 4.69) is 19.0 Å². The second-order valence-corrected chi connectivity index (χ2v) is 9.04. The van der Waals surface area contributed by atoms with Gasteiger partial charge in [0, 0.05) is 24.0 Å². The maximum atomic E-state index is 12.5. The first-order chi connectivity index (χ1) is 11.9. The molecule has 0 amide bonds. The number of carbonyl (C=O) groups excluding carboxylic acids is 2. The fourth-order valence-electron chi connectivity index (χ4n) is 6.53. The highest BCUT2D eigenvalue weighted by Crippen LogP contribution is 2.62. The largest absolute Gasteiger partial charge is 0.462 e. The Kier molecular flexibility index (Phi) is 3.97. The Hall–Kier alpha value is -1.39. The Labute approximate surface area is 149 Å². The predicted molar refractivity (Wildman–Crippen MR) is 92.9 cm³/mol. The summed E-state index contributed by atoms with van der Waals surface area (Å²) in [6.45, 7) is 4.41. The van der Waals surface area contributed by atoms with E-state index in [0.29, 0.717) is 24.0 Å². The van der Waals surface area contributed by atoms with E-state index < -0.39 is 0 Å². The van der Waals surface area contributed by atoms with Gasteiger partial charge in [0.1, 0.15) is 19.0 Å². The molecule has 0 unspecified atom stereocenters. The van der Waals surface area contributed by atoms with Crippen molar-refractivity contribution in [3.63, 3.8) is 0 Å². The van der Waals surface area contributed by atoms with E-state index in [9.17, 15) is 9.59 Å². The van der Waals surface area contributed by atoms with Crippen LogP contribution >= 0.6 is 0 Å². The standard InChI is InChI=1S/C20H29NO4/c1-19(8-6-12-10-16(19)18(23)25-12)15-7-9-20(2)14(4-5-17(20)22)13(15)11-21-24-3/h11-16H,4-10H2,1-3H3/b21-11+/t12-,13-,14-,15-,16+,19+,20-/m0/s1. The van der Waals surface area contributed by atoms with Gasteiger partial charge in [-0.2, -0.15) is 0 Å². The molecular weight excluding hydrogens is 318 g/mol. The Morgan fingerprint density at radius 3 is 2.72 bits per heavy atom. The van der Waals surface area contributed by atoms with Crippen LogP contribution in [0.3, 0.4) is 0 Å². The van der Waals surface area contributed by atoms with Gasteiger partial charge in [-0.15, -0.1) is 0 Å². The van der Waals surface area contributed by atoms with Crippen LogP contribution in [0.5, 0.6) is 0 Å². The first-order valence-corrected chi connectivity index (χ1v) is 9.70. The van der Waals surface area contributed by atoms with Gasteiger partial charge in [0.15, 0.2) is 0 Å². The number of Topliss-reactive ketones (excluding diaryl/α,β-unsaturated/α-hetero) is 1. The van der Waals surface area contributed by atoms with Crippen molar-refractivity contribution in [2.75, 3.05) is 7.11 Å². The lowest BCUT2D eigenvalue weighted by atomic mass is 9.50. The molecule has 0 aromatic carbocycles. The average molecular weight is 347 g/mol. The van der Waals surface area contributed by atoms with E-state index in [4.69, 9.17) is 9.57 Å². The van der Waals surface area contributed by atoms with Gasteiger partial charge >= 0.3 is 5.97 Å². The van der Waals surface area contributed by atoms with Crippen molar-refractivity contribution in [3.8, 4) is 0 Å². The van der Waals surface area contributed by atoms with E-state index in [-0.39, 0.29) is 34.7 Å². The third-order valence-corrected chi connectivity index (χ3v) is 8.09. The summed E-state index contributed by atoms with van der Waals surface area (Å²) >= 11 is 0. The summed E-state index contributed by atoms with van der Waals surface area (Å²) in [5.74, 6) is 1.25. The summed E-state index contributed by atoms with van der Waals surface area (Å²) in [5.41, 5.74) is -0.299. The molecule has 3 aliphatic carbocycles. The molecule has 4 fully saturated rings. The average Bonchev–Trinajstić information content (AvgIpc) is 3.08. The molecule has 4 aliphatic rings. The quantitative estimate of drug-likeness (QED) is 0.446. The second-order valence-electron chi connectivity index (χ2n) is 9.04. The van der Waals surface area contributed by atoms with Crippen LogP contribution in [-0.2, 0) is 19.2 Å². The van der Waals surface area contributed by atoms with Crippen molar-refractivity contribution < 1.29 is 19.2 Å². The fraction of sp³-hybridized carbons (Fsp3) is 0.850. The lowest BCUT2D eigenvalue weighted by Gasteiger charge is -2.52. The van der Waals surface area contributed by atoms with Gasteiger partial charge in [-0.25, -0.2) is 0 Å². The van der Waals surface area contributed by atoms with Crippen molar-refractivity contribution in [1.82, 2.24) is 0 Å². The van der Waals surface area contributed by atoms with Gasteiger partial charge in [-0.05, 0) is 55.8 Å². The molecule has 1 aliphatic heterocycles. The van der Waals surface area contributed by atoms with Gasteiger partial charge < -0.3 is 9.57 Å². The molecule has 0 aromatic rings. The Bertz CT molecular complexity index is 617. The highest BCUT2D eigenvalue weighted by Gasteiger charge is 2.61. The van der Waals surface area contributed by atoms with Crippen LogP contribution in [0.25, 0.3) is 0 Å². The number of carbonyl (C=O) groups is 2. The second kappa shape index (κ2) is 5.82. The van der Waals surface area contributed by atoms with E-state index in [1.54, 1.807) is 7.11 Å². The molecule has 4 rings (SSSR count). The molecule has 25 heavy (non-hydrogen) atoms. The number of rotatable bonds is 3. The van der Waals surface area contributed by atoms with E-state index in [1.165, 1.54) is 0 Å². The van der Waals surface area contributed by atoms with Crippen LogP contribution in [0.4, 0.5) is 0 Å². The molecule has 2 bridgehead atoms. The zero-order chi connectivity index (χ0) is 17.8. The van der Waals surface area contributed by atoms with Crippen LogP contribution in [0.2, 0.25) is 0 Å². The number of oxime groups is 1. The SMILES string of the molecule is CO/N=C/[C@@H]1[C@@H]([C@@]2(C)CC[C@H]3C[C@@H]2C(=O)O3)CC[C@]2(C)C(=O)CC[C@@H]12. The molecule has 0 radical (unpaired) electrons. The highest BCUT2D eigenvalue weighted by atomic mass is 16.6. The minimum Gasteiger partial charge on any atom is -0.462 e. The molecular formula is C20H29NO4. The summed E-state index contributed by atoms with van der Waals surface area (Å²) in [6, 6.07) is 0. The van der Waals surface area contributed by atoms with Crippen molar-refractivity contribution in [1.29, 1.82) is 0 Å². The molecule has 0 aromatic heterocycles. The Morgan fingerprint density at radius 2 is 1.96 bits per heavy atom. The highest BCUT2D eigenvalue weighted by molar-refractivity contribution is 5.88. The number of hydrogen-bond donors (Lipinski definition) is 0. The van der Waals surface area contributed by atoms with Crippen molar-refractivity contribution >= 4 is 18.0 Å². The number of hydrogen-bond acceptors (Lipinski definition) is 5. The van der Waals surface area contributed by atoms with Crippen LogP contribution in [0.15, 0.2) is 5.16 Å². The Morgan fingerprint density at radius 1 is 1.16 bits per heavy atom. The minimum absolute atomic E-state index is 0.00356. The van der Waals surface area contributed by atoms with Gasteiger partial charge in [0.05, 0.1) is 5.92 Å².